The molecule has 11 nitrogen and oxygen atoms in total. The lowest BCUT2D eigenvalue weighted by Gasteiger charge is -2.16. The van der Waals surface area contributed by atoms with Crippen LogP contribution in [0.3, 0.4) is 0 Å². The fourth-order valence-corrected chi connectivity index (χ4v) is 4.14. The van der Waals surface area contributed by atoms with Crippen LogP contribution in [0, 0.1) is 0 Å². The van der Waals surface area contributed by atoms with Gasteiger partial charge in [0.25, 0.3) is 0 Å². The van der Waals surface area contributed by atoms with Crippen LogP contribution >= 0.6 is 0 Å². The lowest BCUT2D eigenvalue weighted by atomic mass is 10.2. The highest BCUT2D eigenvalue weighted by Gasteiger charge is 2.20. The van der Waals surface area contributed by atoms with Crippen LogP contribution in [0.15, 0.2) is 48.9 Å². The Balaban J connectivity index is 1.29. The molecule has 0 aliphatic carbocycles. The number of hydrogen-bond donors (Lipinski definition) is 2. The number of fused-ring (bicyclic) bond motifs is 1. The van der Waals surface area contributed by atoms with Crippen LogP contribution in [0.25, 0.3) is 10.9 Å². The SMILES string of the molecule is CCOc1cc(O[C@H]2CCOC2)cc2ncnc(Nc3ccc(NC(=O)Cn4cc(C(C)C)nn4)cc3)c12. The Bertz CT molecular complexity index is 1400. The Morgan fingerprint density at radius 2 is 2.00 bits per heavy atom. The number of carbonyl (C=O) groups is 1. The topological polar surface area (TPSA) is 125 Å². The molecule has 1 atom stereocenters. The van der Waals surface area contributed by atoms with Crippen molar-refractivity contribution in [2.24, 2.45) is 0 Å². The second-order valence-corrected chi connectivity index (χ2v) is 9.32. The van der Waals surface area contributed by atoms with Gasteiger partial charge in [-0.25, -0.2) is 14.6 Å². The molecule has 3 heterocycles. The van der Waals surface area contributed by atoms with Crippen molar-refractivity contribution in [2.45, 2.75) is 45.8 Å². The zero-order chi connectivity index (χ0) is 26.5. The quantitative estimate of drug-likeness (QED) is 0.317. The zero-order valence-electron chi connectivity index (χ0n) is 21.7. The number of nitrogens with zero attached hydrogens (tertiary/aromatic N) is 5. The predicted molar refractivity (Wildman–Crippen MR) is 143 cm³/mol. The van der Waals surface area contributed by atoms with E-state index in [0.29, 0.717) is 48.3 Å². The molecule has 2 aromatic heterocycles. The van der Waals surface area contributed by atoms with Crippen LogP contribution in [0.4, 0.5) is 17.2 Å². The van der Waals surface area contributed by atoms with E-state index in [9.17, 15) is 4.79 Å². The summed E-state index contributed by atoms with van der Waals surface area (Å²) < 4.78 is 19.0. The normalized spacial score (nSPS) is 15.1. The van der Waals surface area contributed by atoms with E-state index in [0.717, 1.165) is 23.2 Å². The molecule has 5 rings (SSSR count). The monoisotopic (exact) mass is 517 g/mol. The van der Waals surface area contributed by atoms with Gasteiger partial charge in [0, 0.05) is 36.1 Å². The average molecular weight is 518 g/mol. The number of hydrogen-bond acceptors (Lipinski definition) is 9. The Labute approximate surface area is 220 Å². The molecule has 0 unspecified atom stereocenters. The van der Waals surface area contributed by atoms with Gasteiger partial charge < -0.3 is 24.8 Å². The van der Waals surface area contributed by atoms with E-state index >= 15 is 0 Å². The van der Waals surface area contributed by atoms with E-state index in [2.05, 4.69) is 30.9 Å². The van der Waals surface area contributed by atoms with E-state index in [1.807, 2.05) is 57.2 Å². The lowest BCUT2D eigenvalue weighted by Crippen LogP contribution is -2.19. The third kappa shape index (κ3) is 6.00. The molecule has 0 spiro atoms. The van der Waals surface area contributed by atoms with Gasteiger partial charge in [-0.15, -0.1) is 5.10 Å². The molecule has 1 amide bonds. The van der Waals surface area contributed by atoms with Crippen LogP contribution in [0.2, 0.25) is 0 Å². The van der Waals surface area contributed by atoms with E-state index in [1.54, 1.807) is 6.20 Å². The van der Waals surface area contributed by atoms with Crippen molar-refractivity contribution in [1.29, 1.82) is 0 Å². The van der Waals surface area contributed by atoms with Gasteiger partial charge in [-0.3, -0.25) is 4.79 Å². The minimum absolute atomic E-state index is 0.0223. The maximum atomic E-state index is 12.5. The molecular formula is C27H31N7O4. The number of benzene rings is 2. The first-order valence-corrected chi connectivity index (χ1v) is 12.7. The molecule has 1 aliphatic rings. The summed E-state index contributed by atoms with van der Waals surface area (Å²) in [4.78, 5) is 21.4. The second kappa shape index (κ2) is 11.4. The van der Waals surface area contributed by atoms with E-state index in [1.165, 1.54) is 11.0 Å². The molecule has 1 fully saturated rings. The van der Waals surface area contributed by atoms with Crippen molar-refractivity contribution in [2.75, 3.05) is 30.5 Å². The van der Waals surface area contributed by atoms with Gasteiger partial charge in [0.1, 0.15) is 36.3 Å². The van der Waals surface area contributed by atoms with Crippen molar-refractivity contribution in [3.05, 3.63) is 54.6 Å². The van der Waals surface area contributed by atoms with Gasteiger partial charge >= 0.3 is 0 Å². The van der Waals surface area contributed by atoms with Gasteiger partial charge in [0.05, 0.1) is 36.4 Å². The molecule has 1 aliphatic heterocycles. The fraction of sp³-hybridized carbons (Fsp3) is 0.370. The zero-order valence-corrected chi connectivity index (χ0v) is 21.7. The van der Waals surface area contributed by atoms with Crippen molar-refractivity contribution < 1.29 is 19.0 Å². The third-order valence-corrected chi connectivity index (χ3v) is 6.05. The first-order valence-electron chi connectivity index (χ1n) is 12.7. The summed E-state index contributed by atoms with van der Waals surface area (Å²) in [6.45, 7) is 7.85. The lowest BCUT2D eigenvalue weighted by molar-refractivity contribution is -0.116. The Kier molecular flexibility index (Phi) is 7.64. The van der Waals surface area contributed by atoms with Gasteiger partial charge in [-0.1, -0.05) is 19.1 Å². The summed E-state index contributed by atoms with van der Waals surface area (Å²) in [5.41, 5.74) is 3.03. The molecular weight excluding hydrogens is 486 g/mol. The number of carbonyl (C=O) groups excluding carboxylic acids is 1. The molecule has 2 N–H and O–H groups in total. The summed E-state index contributed by atoms with van der Waals surface area (Å²) >= 11 is 0. The van der Waals surface area contributed by atoms with Crippen LogP contribution < -0.4 is 20.1 Å². The number of aromatic nitrogens is 5. The molecule has 1 saturated heterocycles. The van der Waals surface area contributed by atoms with Crippen LogP contribution in [0.5, 0.6) is 11.5 Å². The Morgan fingerprint density at radius 1 is 1.18 bits per heavy atom. The molecule has 11 heteroatoms. The van der Waals surface area contributed by atoms with Crippen molar-refractivity contribution in [1.82, 2.24) is 25.0 Å². The van der Waals surface area contributed by atoms with Gasteiger partial charge in [0.15, 0.2) is 0 Å². The predicted octanol–water partition coefficient (Wildman–Crippen LogP) is 4.29. The highest BCUT2D eigenvalue weighted by atomic mass is 16.5. The van der Waals surface area contributed by atoms with E-state index < -0.39 is 0 Å². The number of ether oxygens (including phenoxy) is 3. The van der Waals surface area contributed by atoms with Gasteiger partial charge in [0.2, 0.25) is 5.91 Å². The maximum Gasteiger partial charge on any atom is 0.246 e. The van der Waals surface area contributed by atoms with E-state index in [-0.39, 0.29) is 24.5 Å². The van der Waals surface area contributed by atoms with Crippen molar-refractivity contribution in [3.8, 4) is 11.5 Å². The maximum absolute atomic E-state index is 12.5. The highest BCUT2D eigenvalue weighted by Crippen LogP contribution is 2.36. The molecule has 0 radical (unpaired) electrons. The molecule has 4 aromatic rings. The van der Waals surface area contributed by atoms with Crippen LogP contribution in [-0.4, -0.2) is 56.8 Å². The largest absolute Gasteiger partial charge is 0.493 e. The standard InChI is InChI=1S/C27H31N7O4/c1-4-37-24-12-21(38-20-9-10-36-15-20)11-22-26(24)27(29-16-28-22)31-19-7-5-18(6-8-19)30-25(35)14-34-13-23(17(2)3)32-33-34/h5-8,11-13,16-17,20H,4,9-10,14-15H2,1-3H3,(H,30,35)(H,28,29,31)/t20-/m0/s1. The fourth-order valence-electron chi connectivity index (χ4n) is 4.14. The minimum Gasteiger partial charge on any atom is -0.493 e. The van der Waals surface area contributed by atoms with Crippen molar-refractivity contribution in [3.63, 3.8) is 0 Å². The Morgan fingerprint density at radius 3 is 2.71 bits per heavy atom. The molecule has 198 valence electrons. The van der Waals surface area contributed by atoms with Gasteiger partial charge in [-0.05, 0) is 37.1 Å². The van der Waals surface area contributed by atoms with E-state index in [4.69, 9.17) is 14.2 Å². The summed E-state index contributed by atoms with van der Waals surface area (Å²) in [6, 6.07) is 11.1. The summed E-state index contributed by atoms with van der Waals surface area (Å²) in [5, 5.41) is 15.1. The minimum atomic E-state index is -0.184. The smallest absolute Gasteiger partial charge is 0.246 e. The first kappa shape index (κ1) is 25.4. The summed E-state index contributed by atoms with van der Waals surface area (Å²) in [7, 11) is 0. The summed E-state index contributed by atoms with van der Waals surface area (Å²) in [5.74, 6) is 2.01. The molecule has 0 bridgehead atoms. The number of anilines is 3. The second-order valence-electron chi connectivity index (χ2n) is 9.32. The third-order valence-electron chi connectivity index (χ3n) is 6.05. The first-order chi connectivity index (χ1) is 18.5. The number of nitrogens with one attached hydrogen (secondary N) is 2. The molecule has 2 aromatic carbocycles. The highest BCUT2D eigenvalue weighted by molar-refractivity contribution is 5.97. The van der Waals surface area contributed by atoms with Gasteiger partial charge in [-0.2, -0.15) is 0 Å². The summed E-state index contributed by atoms with van der Waals surface area (Å²) in [6.07, 6.45) is 4.17. The number of rotatable bonds is 10. The Hall–Kier alpha value is -4.25. The average Bonchev–Trinajstić information content (AvgIpc) is 3.58. The number of amides is 1. The van der Waals surface area contributed by atoms with Crippen LogP contribution in [-0.2, 0) is 16.1 Å². The molecule has 38 heavy (non-hydrogen) atoms. The molecule has 0 saturated carbocycles. The van der Waals surface area contributed by atoms with Crippen LogP contribution in [0.1, 0.15) is 38.8 Å². The van der Waals surface area contributed by atoms with Crippen molar-refractivity contribution >= 4 is 34.0 Å².